The summed E-state index contributed by atoms with van der Waals surface area (Å²) in [7, 11) is 2.84. The summed E-state index contributed by atoms with van der Waals surface area (Å²) in [6.07, 6.45) is 2.74. The second-order valence-electron chi connectivity index (χ2n) is 7.82. The van der Waals surface area contributed by atoms with Crippen molar-refractivity contribution in [1.29, 1.82) is 5.26 Å². The van der Waals surface area contributed by atoms with Crippen LogP contribution in [0.1, 0.15) is 24.0 Å². The molecule has 0 atom stereocenters. The van der Waals surface area contributed by atoms with Crippen LogP contribution in [0.3, 0.4) is 0 Å². The van der Waals surface area contributed by atoms with Crippen LogP contribution in [-0.4, -0.2) is 62.0 Å². The number of methoxy groups -OCH3 is 2. The standard InChI is InChI=1S/C23H25N5O5/c1-31-18-3-4-19-15(11-18)5-10-28(22(29)26-19)17-6-8-27(9-7-17)20-12-21(33-23(30)32-2)25-14-16(20)13-24/h3-4,11-12,14,17H,5-10H2,1-2H3,(H,26,29). The van der Waals surface area contributed by atoms with Gasteiger partial charge in [-0.2, -0.15) is 5.26 Å². The molecule has 0 bridgehead atoms. The number of amides is 2. The highest BCUT2D eigenvalue weighted by Gasteiger charge is 2.31. The quantitative estimate of drug-likeness (QED) is 0.705. The Labute approximate surface area is 191 Å². The molecule has 2 aliphatic rings. The zero-order valence-electron chi connectivity index (χ0n) is 18.5. The Hall–Kier alpha value is -4.00. The van der Waals surface area contributed by atoms with Gasteiger partial charge in [-0.25, -0.2) is 14.6 Å². The van der Waals surface area contributed by atoms with Crippen LogP contribution in [0.5, 0.6) is 11.6 Å². The first kappa shape index (κ1) is 22.2. The van der Waals surface area contributed by atoms with Gasteiger partial charge in [-0.1, -0.05) is 0 Å². The molecule has 1 aromatic heterocycles. The average Bonchev–Trinajstić information content (AvgIpc) is 3.01. The van der Waals surface area contributed by atoms with Crippen LogP contribution in [0, 0.1) is 11.3 Å². The number of nitriles is 1. The van der Waals surface area contributed by atoms with Gasteiger partial charge in [0.25, 0.3) is 0 Å². The molecule has 1 N–H and O–H groups in total. The molecule has 172 valence electrons. The second-order valence-corrected chi connectivity index (χ2v) is 7.82. The highest BCUT2D eigenvalue weighted by atomic mass is 16.7. The summed E-state index contributed by atoms with van der Waals surface area (Å²) >= 11 is 0. The first-order chi connectivity index (χ1) is 16.0. The number of rotatable bonds is 4. The number of carbonyl (C=O) groups excluding carboxylic acids is 2. The molecule has 0 aliphatic carbocycles. The van der Waals surface area contributed by atoms with Gasteiger partial charge in [0.2, 0.25) is 5.88 Å². The number of carbonyl (C=O) groups is 2. The van der Waals surface area contributed by atoms with Crippen molar-refractivity contribution in [3.63, 3.8) is 0 Å². The molecule has 0 unspecified atom stereocenters. The van der Waals surface area contributed by atoms with E-state index in [1.165, 1.54) is 13.3 Å². The zero-order chi connectivity index (χ0) is 23.4. The minimum absolute atomic E-state index is 0.0676. The van der Waals surface area contributed by atoms with E-state index < -0.39 is 6.16 Å². The summed E-state index contributed by atoms with van der Waals surface area (Å²) in [4.78, 5) is 32.3. The first-order valence-corrected chi connectivity index (χ1v) is 10.7. The molecule has 2 amide bonds. The Balaban J connectivity index is 1.44. The van der Waals surface area contributed by atoms with Gasteiger partial charge in [-0.15, -0.1) is 0 Å². The second kappa shape index (κ2) is 9.65. The summed E-state index contributed by atoms with van der Waals surface area (Å²) in [6.45, 7) is 1.91. The van der Waals surface area contributed by atoms with Gasteiger partial charge >= 0.3 is 12.2 Å². The van der Waals surface area contributed by atoms with E-state index in [1.54, 1.807) is 13.2 Å². The summed E-state index contributed by atoms with van der Waals surface area (Å²) in [5, 5.41) is 12.5. The number of fused-ring (bicyclic) bond motifs is 1. The third kappa shape index (κ3) is 4.77. The minimum atomic E-state index is -0.873. The number of nitrogens with zero attached hydrogens (tertiary/aromatic N) is 4. The number of benzene rings is 1. The van der Waals surface area contributed by atoms with Gasteiger partial charge in [0.15, 0.2) is 0 Å². The lowest BCUT2D eigenvalue weighted by molar-refractivity contribution is 0.119. The van der Waals surface area contributed by atoms with E-state index in [1.807, 2.05) is 23.1 Å². The number of ether oxygens (including phenoxy) is 3. The lowest BCUT2D eigenvalue weighted by atomic mass is 10.0. The van der Waals surface area contributed by atoms with E-state index >= 15 is 0 Å². The molecule has 10 nitrogen and oxygen atoms in total. The number of aromatic nitrogens is 1. The lowest BCUT2D eigenvalue weighted by Crippen LogP contribution is -2.49. The van der Waals surface area contributed by atoms with E-state index in [9.17, 15) is 14.9 Å². The van der Waals surface area contributed by atoms with E-state index in [0.29, 0.717) is 30.9 Å². The van der Waals surface area contributed by atoms with Gasteiger partial charge in [0.05, 0.1) is 31.7 Å². The van der Waals surface area contributed by atoms with Crippen molar-refractivity contribution >= 4 is 23.6 Å². The van der Waals surface area contributed by atoms with E-state index in [-0.39, 0.29) is 18.0 Å². The van der Waals surface area contributed by atoms with E-state index in [0.717, 1.165) is 36.3 Å². The van der Waals surface area contributed by atoms with Gasteiger partial charge in [0.1, 0.15) is 11.8 Å². The van der Waals surface area contributed by atoms with Crippen LogP contribution in [0.25, 0.3) is 0 Å². The lowest BCUT2D eigenvalue weighted by Gasteiger charge is -2.39. The molecule has 4 rings (SSSR count). The summed E-state index contributed by atoms with van der Waals surface area (Å²) in [5.41, 5.74) is 2.90. The fourth-order valence-corrected chi connectivity index (χ4v) is 4.28. The fourth-order valence-electron chi connectivity index (χ4n) is 4.28. The predicted octanol–water partition coefficient (Wildman–Crippen LogP) is 3.17. The molecule has 1 fully saturated rings. The number of hydrogen-bond donors (Lipinski definition) is 1. The van der Waals surface area contributed by atoms with Crippen LogP contribution in [0.2, 0.25) is 0 Å². The van der Waals surface area contributed by atoms with Crippen molar-refractivity contribution in [2.45, 2.75) is 25.3 Å². The maximum atomic E-state index is 12.9. The molecule has 2 aliphatic heterocycles. The van der Waals surface area contributed by atoms with Gasteiger partial charge in [-0.3, -0.25) is 0 Å². The van der Waals surface area contributed by atoms with Gasteiger partial charge in [0, 0.05) is 37.4 Å². The third-order valence-corrected chi connectivity index (χ3v) is 6.01. The van der Waals surface area contributed by atoms with Crippen LogP contribution in [-0.2, 0) is 11.2 Å². The Morgan fingerprint density at radius 1 is 1.21 bits per heavy atom. The molecule has 1 saturated heterocycles. The number of nitrogens with one attached hydrogen (secondary N) is 1. The third-order valence-electron chi connectivity index (χ3n) is 6.01. The van der Waals surface area contributed by atoms with Crippen molar-refractivity contribution in [2.24, 2.45) is 0 Å². The molecule has 2 aromatic rings. The molecule has 0 radical (unpaired) electrons. The largest absolute Gasteiger partial charge is 0.514 e. The van der Waals surface area contributed by atoms with Crippen LogP contribution < -0.4 is 19.7 Å². The highest BCUT2D eigenvalue weighted by molar-refractivity contribution is 5.91. The monoisotopic (exact) mass is 451 g/mol. The Kier molecular flexibility index (Phi) is 6.49. The van der Waals surface area contributed by atoms with Crippen molar-refractivity contribution in [3.05, 3.63) is 41.6 Å². The van der Waals surface area contributed by atoms with Crippen LogP contribution in [0.4, 0.5) is 21.0 Å². The van der Waals surface area contributed by atoms with Gasteiger partial charge in [-0.05, 0) is 43.0 Å². The molecule has 1 aromatic carbocycles. The smallest absolute Gasteiger partial charge is 0.497 e. The van der Waals surface area contributed by atoms with Crippen molar-refractivity contribution in [2.75, 3.05) is 44.1 Å². The molecule has 10 heteroatoms. The minimum Gasteiger partial charge on any atom is -0.497 e. The van der Waals surface area contributed by atoms with Crippen LogP contribution >= 0.6 is 0 Å². The first-order valence-electron chi connectivity index (χ1n) is 10.7. The zero-order valence-corrected chi connectivity index (χ0v) is 18.5. The Bertz CT molecular complexity index is 1090. The topological polar surface area (TPSA) is 117 Å². The average molecular weight is 451 g/mol. The maximum Gasteiger partial charge on any atom is 0.514 e. The Morgan fingerprint density at radius 3 is 2.70 bits per heavy atom. The molecule has 0 spiro atoms. The highest BCUT2D eigenvalue weighted by Crippen LogP contribution is 2.30. The molecule has 0 saturated carbocycles. The number of hydrogen-bond acceptors (Lipinski definition) is 8. The Morgan fingerprint density at radius 2 is 2.00 bits per heavy atom. The fraction of sp³-hybridized carbons (Fsp3) is 0.391. The molecule has 33 heavy (non-hydrogen) atoms. The molecular formula is C23H25N5O5. The molecular weight excluding hydrogens is 426 g/mol. The van der Waals surface area contributed by atoms with E-state index in [2.05, 4.69) is 26.0 Å². The predicted molar refractivity (Wildman–Crippen MR) is 120 cm³/mol. The van der Waals surface area contributed by atoms with Crippen LogP contribution in [0.15, 0.2) is 30.5 Å². The summed E-state index contributed by atoms with van der Waals surface area (Å²) in [5.74, 6) is 0.837. The van der Waals surface area contributed by atoms with Crippen molar-refractivity contribution in [1.82, 2.24) is 9.88 Å². The van der Waals surface area contributed by atoms with Gasteiger partial charge < -0.3 is 29.3 Å². The summed E-state index contributed by atoms with van der Waals surface area (Å²) < 4.78 is 14.8. The normalized spacial score (nSPS) is 16.2. The number of anilines is 2. The number of piperidine rings is 1. The number of pyridine rings is 1. The maximum absolute atomic E-state index is 12.9. The molecule has 3 heterocycles. The SMILES string of the molecule is COC(=O)Oc1cc(N2CCC(N3CCc4cc(OC)ccc4NC3=O)CC2)c(C#N)cn1. The van der Waals surface area contributed by atoms with Crippen molar-refractivity contribution < 1.29 is 23.8 Å². The number of urea groups is 1. The van der Waals surface area contributed by atoms with E-state index in [4.69, 9.17) is 9.47 Å². The van der Waals surface area contributed by atoms with Crippen molar-refractivity contribution in [3.8, 4) is 17.7 Å². The summed E-state index contributed by atoms with van der Waals surface area (Å²) in [6, 6.07) is 9.35.